The Kier molecular flexibility index (Phi) is 4.84. The van der Waals surface area contributed by atoms with Gasteiger partial charge in [-0.25, -0.2) is 0 Å². The van der Waals surface area contributed by atoms with Crippen molar-refractivity contribution >= 4 is 45.8 Å². The van der Waals surface area contributed by atoms with Crippen molar-refractivity contribution in [3.63, 3.8) is 0 Å². The van der Waals surface area contributed by atoms with Crippen molar-refractivity contribution in [2.45, 2.75) is 12.5 Å². The molecule has 0 aliphatic carbocycles. The van der Waals surface area contributed by atoms with Crippen molar-refractivity contribution in [2.24, 2.45) is 0 Å². The monoisotopic (exact) mass is 393 g/mol. The summed E-state index contributed by atoms with van der Waals surface area (Å²) in [5.74, 6) is 0. The Balaban J connectivity index is 2.25. The maximum absolute atomic E-state index is 10.3. The molecule has 1 heterocycles. The average molecular weight is 394 g/mol. The molecule has 18 heavy (non-hydrogen) atoms. The Morgan fingerprint density at radius 3 is 2.78 bits per heavy atom. The van der Waals surface area contributed by atoms with E-state index in [1.807, 2.05) is 12.1 Å². The van der Waals surface area contributed by atoms with E-state index in [9.17, 15) is 5.11 Å². The molecule has 94 valence electrons. The lowest BCUT2D eigenvalue weighted by atomic mass is 10.0. The van der Waals surface area contributed by atoms with Gasteiger partial charge in [-0.05, 0) is 58.0 Å². The van der Waals surface area contributed by atoms with E-state index in [1.165, 1.54) is 0 Å². The van der Waals surface area contributed by atoms with Gasteiger partial charge in [-0.2, -0.15) is 0 Å². The maximum Gasteiger partial charge on any atom is 0.0841 e. The van der Waals surface area contributed by atoms with Gasteiger partial charge in [0.05, 0.1) is 11.1 Å². The zero-order valence-electron chi connectivity index (χ0n) is 9.28. The van der Waals surface area contributed by atoms with Gasteiger partial charge in [0, 0.05) is 27.4 Å². The highest BCUT2D eigenvalue weighted by Crippen LogP contribution is 2.28. The zero-order valence-corrected chi connectivity index (χ0v) is 12.9. The smallest absolute Gasteiger partial charge is 0.0841 e. The van der Waals surface area contributed by atoms with E-state index in [4.69, 9.17) is 23.2 Å². The van der Waals surface area contributed by atoms with E-state index in [0.29, 0.717) is 16.5 Å². The van der Waals surface area contributed by atoms with Gasteiger partial charge in [-0.3, -0.25) is 4.98 Å². The van der Waals surface area contributed by atoms with Crippen LogP contribution in [0.3, 0.4) is 0 Å². The highest BCUT2D eigenvalue weighted by molar-refractivity contribution is 14.1. The lowest BCUT2D eigenvalue weighted by Crippen LogP contribution is -2.04. The molecule has 0 aliphatic rings. The van der Waals surface area contributed by atoms with Crippen LogP contribution in [0, 0.1) is 3.57 Å². The molecule has 0 saturated heterocycles. The largest absolute Gasteiger partial charge is 0.388 e. The first-order valence-corrected chi connectivity index (χ1v) is 7.13. The quantitative estimate of drug-likeness (QED) is 0.790. The highest BCUT2D eigenvalue weighted by Gasteiger charge is 2.14. The zero-order chi connectivity index (χ0) is 13.1. The summed E-state index contributed by atoms with van der Waals surface area (Å²) in [7, 11) is 0. The van der Waals surface area contributed by atoms with Crippen LogP contribution in [0.2, 0.25) is 10.0 Å². The van der Waals surface area contributed by atoms with Gasteiger partial charge in [-0.1, -0.05) is 23.2 Å². The fourth-order valence-electron chi connectivity index (χ4n) is 1.66. The Hall–Kier alpha value is -0.360. The first-order chi connectivity index (χ1) is 8.58. The molecule has 1 N–H and O–H groups in total. The molecule has 2 rings (SSSR count). The van der Waals surface area contributed by atoms with Gasteiger partial charge in [0.15, 0.2) is 0 Å². The van der Waals surface area contributed by atoms with Crippen LogP contribution in [-0.2, 0) is 6.42 Å². The minimum atomic E-state index is -0.629. The number of aliphatic hydroxyl groups is 1. The van der Waals surface area contributed by atoms with Gasteiger partial charge < -0.3 is 5.11 Å². The minimum Gasteiger partial charge on any atom is -0.388 e. The van der Waals surface area contributed by atoms with Gasteiger partial charge in [0.1, 0.15) is 0 Å². The van der Waals surface area contributed by atoms with Gasteiger partial charge >= 0.3 is 0 Å². The van der Waals surface area contributed by atoms with Crippen molar-refractivity contribution in [3.05, 3.63) is 61.4 Å². The lowest BCUT2D eigenvalue weighted by Gasteiger charge is -2.14. The summed E-state index contributed by atoms with van der Waals surface area (Å²) in [4.78, 5) is 3.92. The second kappa shape index (κ2) is 6.19. The fraction of sp³-hybridized carbons (Fsp3) is 0.154. The van der Waals surface area contributed by atoms with Crippen molar-refractivity contribution in [1.29, 1.82) is 0 Å². The molecule has 0 radical (unpaired) electrons. The number of aromatic nitrogens is 1. The summed E-state index contributed by atoms with van der Waals surface area (Å²) in [6.07, 6.45) is 3.05. The summed E-state index contributed by atoms with van der Waals surface area (Å²) < 4.78 is 0.981. The van der Waals surface area contributed by atoms with E-state index in [1.54, 1.807) is 24.5 Å². The summed E-state index contributed by atoms with van der Waals surface area (Å²) in [5.41, 5.74) is 1.69. The number of hydrogen-bond donors (Lipinski definition) is 1. The summed E-state index contributed by atoms with van der Waals surface area (Å²) in [6, 6.07) is 7.28. The molecular formula is C13H10Cl2INO. The molecule has 0 bridgehead atoms. The number of hydrogen-bond acceptors (Lipinski definition) is 2. The summed E-state index contributed by atoms with van der Waals surface area (Å²) in [6.45, 7) is 0. The predicted molar refractivity (Wildman–Crippen MR) is 82.1 cm³/mol. The third kappa shape index (κ3) is 3.35. The van der Waals surface area contributed by atoms with Crippen LogP contribution in [0.5, 0.6) is 0 Å². The third-order valence-corrected chi connectivity index (χ3v) is 4.14. The fourth-order valence-corrected chi connectivity index (χ4v) is 2.73. The van der Waals surface area contributed by atoms with E-state index >= 15 is 0 Å². The molecule has 1 unspecified atom stereocenters. The van der Waals surface area contributed by atoms with E-state index in [0.717, 1.165) is 14.7 Å². The van der Waals surface area contributed by atoms with Crippen LogP contribution in [-0.4, -0.2) is 10.1 Å². The van der Waals surface area contributed by atoms with Crippen LogP contribution in [0.4, 0.5) is 0 Å². The third-order valence-electron chi connectivity index (χ3n) is 2.59. The Labute approximate surface area is 129 Å². The maximum atomic E-state index is 10.3. The number of benzene rings is 1. The Morgan fingerprint density at radius 1 is 1.28 bits per heavy atom. The Bertz CT molecular complexity index is 562. The van der Waals surface area contributed by atoms with Gasteiger partial charge in [-0.15, -0.1) is 0 Å². The normalized spacial score (nSPS) is 12.4. The second-order valence-electron chi connectivity index (χ2n) is 3.85. The van der Waals surface area contributed by atoms with Gasteiger partial charge in [0.25, 0.3) is 0 Å². The Morgan fingerprint density at radius 2 is 2.06 bits per heavy atom. The van der Waals surface area contributed by atoms with Crippen molar-refractivity contribution in [1.82, 2.24) is 4.98 Å². The minimum absolute atomic E-state index is 0.442. The summed E-state index contributed by atoms with van der Waals surface area (Å²) in [5, 5.41) is 11.4. The lowest BCUT2D eigenvalue weighted by molar-refractivity contribution is 0.177. The van der Waals surface area contributed by atoms with Crippen molar-refractivity contribution < 1.29 is 5.11 Å². The number of halogens is 3. The molecule has 2 nitrogen and oxygen atoms in total. The van der Waals surface area contributed by atoms with E-state index in [2.05, 4.69) is 27.6 Å². The topological polar surface area (TPSA) is 33.1 Å². The number of rotatable bonds is 3. The van der Waals surface area contributed by atoms with Crippen LogP contribution < -0.4 is 0 Å². The average Bonchev–Trinajstić information content (AvgIpc) is 2.35. The molecule has 0 saturated carbocycles. The molecule has 1 aromatic heterocycles. The van der Waals surface area contributed by atoms with Crippen LogP contribution >= 0.6 is 45.8 Å². The molecule has 0 fully saturated rings. The molecule has 2 aromatic rings. The molecule has 0 amide bonds. The van der Waals surface area contributed by atoms with Crippen molar-refractivity contribution in [3.8, 4) is 0 Å². The number of nitrogens with zero attached hydrogens (tertiary/aromatic N) is 1. The molecule has 1 atom stereocenters. The SMILES string of the molecule is OC(Cc1ccncc1Cl)c1cc(Cl)ccc1I. The van der Waals surface area contributed by atoms with Gasteiger partial charge in [0.2, 0.25) is 0 Å². The molecule has 5 heteroatoms. The molecule has 0 aliphatic heterocycles. The molecular weight excluding hydrogens is 384 g/mol. The summed E-state index contributed by atoms with van der Waals surface area (Å²) >= 11 is 14.1. The highest BCUT2D eigenvalue weighted by atomic mass is 127. The number of pyridine rings is 1. The van der Waals surface area contributed by atoms with Crippen LogP contribution in [0.25, 0.3) is 0 Å². The second-order valence-corrected chi connectivity index (χ2v) is 5.86. The predicted octanol–water partition coefficient (Wildman–Crippen LogP) is 4.27. The van der Waals surface area contributed by atoms with E-state index in [-0.39, 0.29) is 0 Å². The van der Waals surface area contributed by atoms with Crippen LogP contribution in [0.1, 0.15) is 17.2 Å². The molecule has 0 spiro atoms. The first-order valence-electron chi connectivity index (χ1n) is 5.29. The van der Waals surface area contributed by atoms with Crippen molar-refractivity contribution in [2.75, 3.05) is 0 Å². The van der Waals surface area contributed by atoms with E-state index < -0.39 is 6.10 Å². The molecule has 1 aromatic carbocycles. The number of aliphatic hydroxyl groups excluding tert-OH is 1. The van der Waals surface area contributed by atoms with Crippen LogP contribution in [0.15, 0.2) is 36.7 Å². The standard InChI is InChI=1S/C13H10Cl2INO/c14-9-1-2-12(16)10(6-9)13(18)5-8-3-4-17-7-11(8)15/h1-4,6-7,13,18H,5H2. The first kappa shape index (κ1) is 14.1.